The van der Waals surface area contributed by atoms with Crippen molar-refractivity contribution in [2.45, 2.75) is 25.9 Å². The van der Waals surface area contributed by atoms with E-state index in [9.17, 15) is 9.90 Å². The number of carbonyl (C=O) groups excluding carboxylic acids is 1. The normalized spacial score (nSPS) is 14.1. The van der Waals surface area contributed by atoms with E-state index < -0.39 is 6.04 Å². The monoisotopic (exact) mass is 237 g/mol. The molecule has 4 heteroatoms. The fraction of sp³-hybridized carbons (Fsp3) is 0.462. The Kier molecular flexibility index (Phi) is 5.12. The lowest BCUT2D eigenvalue weighted by Crippen LogP contribution is -2.39. The molecule has 0 unspecified atom stereocenters. The Morgan fingerprint density at radius 1 is 1.47 bits per heavy atom. The minimum Gasteiger partial charge on any atom is -0.468 e. The van der Waals surface area contributed by atoms with Crippen molar-refractivity contribution in [3.63, 3.8) is 0 Å². The van der Waals surface area contributed by atoms with Crippen LogP contribution in [0.15, 0.2) is 24.3 Å². The summed E-state index contributed by atoms with van der Waals surface area (Å²) < 4.78 is 4.64. The molecule has 0 amide bonds. The molecule has 0 radical (unpaired) electrons. The number of methoxy groups -OCH3 is 1. The van der Waals surface area contributed by atoms with Crippen molar-refractivity contribution in [2.24, 2.45) is 0 Å². The standard InChI is InChI=1S/C13H19NO3/c1-9-6-4-5-7-11(9)12(8-15)14-10(2)13(16)17-3/h4-7,10,12,14-15H,8H2,1-3H3/t10-,12-/m0/s1. The lowest BCUT2D eigenvalue weighted by atomic mass is 10.0. The minimum atomic E-state index is -0.447. The molecule has 2 atom stereocenters. The van der Waals surface area contributed by atoms with Crippen molar-refractivity contribution in [1.29, 1.82) is 0 Å². The molecule has 0 saturated carbocycles. The number of nitrogens with one attached hydrogen (secondary N) is 1. The molecule has 0 saturated heterocycles. The van der Waals surface area contributed by atoms with E-state index in [4.69, 9.17) is 0 Å². The first-order chi connectivity index (χ1) is 8.10. The van der Waals surface area contributed by atoms with Gasteiger partial charge in [0.15, 0.2) is 0 Å². The minimum absolute atomic E-state index is 0.0633. The van der Waals surface area contributed by atoms with Crippen LogP contribution in [0.3, 0.4) is 0 Å². The van der Waals surface area contributed by atoms with Gasteiger partial charge in [-0.15, -0.1) is 0 Å². The van der Waals surface area contributed by atoms with Gasteiger partial charge in [0, 0.05) is 0 Å². The number of esters is 1. The van der Waals surface area contributed by atoms with Gasteiger partial charge >= 0.3 is 5.97 Å². The Morgan fingerprint density at radius 2 is 2.12 bits per heavy atom. The lowest BCUT2D eigenvalue weighted by molar-refractivity contribution is -0.142. The molecule has 1 aromatic carbocycles. The van der Waals surface area contributed by atoms with Gasteiger partial charge in [-0.25, -0.2) is 0 Å². The molecule has 0 heterocycles. The van der Waals surface area contributed by atoms with E-state index >= 15 is 0 Å². The number of aliphatic hydroxyl groups excluding tert-OH is 1. The fourth-order valence-electron chi connectivity index (χ4n) is 1.77. The first-order valence-corrected chi connectivity index (χ1v) is 5.60. The molecule has 0 aliphatic rings. The van der Waals surface area contributed by atoms with E-state index in [2.05, 4.69) is 10.1 Å². The zero-order valence-corrected chi connectivity index (χ0v) is 10.4. The van der Waals surface area contributed by atoms with Crippen LogP contribution in [0.4, 0.5) is 0 Å². The third kappa shape index (κ3) is 3.54. The summed E-state index contributed by atoms with van der Waals surface area (Å²) in [7, 11) is 1.35. The Bertz CT molecular complexity index is 379. The van der Waals surface area contributed by atoms with Crippen LogP contribution in [0, 0.1) is 6.92 Å². The molecule has 0 fully saturated rings. The second-order valence-electron chi connectivity index (χ2n) is 4.00. The average Bonchev–Trinajstić information content (AvgIpc) is 2.35. The third-order valence-electron chi connectivity index (χ3n) is 2.75. The van der Waals surface area contributed by atoms with Crippen LogP contribution in [0.1, 0.15) is 24.1 Å². The van der Waals surface area contributed by atoms with Gasteiger partial charge in [0.2, 0.25) is 0 Å². The van der Waals surface area contributed by atoms with E-state index in [0.717, 1.165) is 11.1 Å². The van der Waals surface area contributed by atoms with Gasteiger partial charge in [0.05, 0.1) is 19.8 Å². The quantitative estimate of drug-likeness (QED) is 0.755. The lowest BCUT2D eigenvalue weighted by Gasteiger charge is -2.22. The van der Waals surface area contributed by atoms with E-state index in [1.165, 1.54) is 7.11 Å². The van der Waals surface area contributed by atoms with Crippen molar-refractivity contribution in [2.75, 3.05) is 13.7 Å². The van der Waals surface area contributed by atoms with Gasteiger partial charge in [0.25, 0.3) is 0 Å². The summed E-state index contributed by atoms with van der Waals surface area (Å²) in [4.78, 5) is 11.3. The van der Waals surface area contributed by atoms with E-state index in [0.29, 0.717) is 0 Å². The van der Waals surface area contributed by atoms with E-state index in [-0.39, 0.29) is 18.6 Å². The van der Waals surface area contributed by atoms with Crippen LogP contribution in [-0.4, -0.2) is 30.8 Å². The van der Waals surface area contributed by atoms with Crippen molar-refractivity contribution >= 4 is 5.97 Å². The Morgan fingerprint density at radius 3 is 2.65 bits per heavy atom. The molecule has 0 spiro atoms. The molecular weight excluding hydrogens is 218 g/mol. The van der Waals surface area contributed by atoms with Crippen molar-refractivity contribution in [3.05, 3.63) is 35.4 Å². The summed E-state index contributed by atoms with van der Waals surface area (Å²) in [5.41, 5.74) is 2.07. The molecule has 17 heavy (non-hydrogen) atoms. The highest BCUT2D eigenvalue weighted by molar-refractivity contribution is 5.75. The summed E-state index contributed by atoms with van der Waals surface area (Å²) in [5, 5.41) is 12.4. The summed E-state index contributed by atoms with van der Waals surface area (Å²) >= 11 is 0. The predicted octanol–water partition coefficient (Wildman–Crippen LogP) is 1.18. The average molecular weight is 237 g/mol. The number of benzene rings is 1. The smallest absolute Gasteiger partial charge is 0.322 e. The van der Waals surface area contributed by atoms with Gasteiger partial charge < -0.3 is 9.84 Å². The van der Waals surface area contributed by atoms with Gasteiger partial charge in [-0.1, -0.05) is 24.3 Å². The molecule has 0 aromatic heterocycles. The maximum Gasteiger partial charge on any atom is 0.322 e. The molecule has 0 aliphatic carbocycles. The number of hydrogen-bond donors (Lipinski definition) is 2. The number of hydrogen-bond acceptors (Lipinski definition) is 4. The number of ether oxygens (including phenoxy) is 1. The molecule has 4 nitrogen and oxygen atoms in total. The van der Waals surface area contributed by atoms with Crippen LogP contribution in [-0.2, 0) is 9.53 Å². The predicted molar refractivity (Wildman–Crippen MR) is 65.6 cm³/mol. The highest BCUT2D eigenvalue weighted by atomic mass is 16.5. The molecule has 94 valence electrons. The zero-order chi connectivity index (χ0) is 12.8. The maximum atomic E-state index is 11.3. The van der Waals surface area contributed by atoms with Gasteiger partial charge in [-0.2, -0.15) is 0 Å². The van der Waals surface area contributed by atoms with Crippen LogP contribution in [0.25, 0.3) is 0 Å². The van der Waals surface area contributed by atoms with Gasteiger partial charge in [-0.05, 0) is 25.0 Å². The van der Waals surface area contributed by atoms with Crippen LogP contribution < -0.4 is 5.32 Å². The van der Waals surface area contributed by atoms with Crippen LogP contribution in [0.2, 0.25) is 0 Å². The molecule has 0 aliphatic heterocycles. The maximum absolute atomic E-state index is 11.3. The summed E-state index contributed by atoms with van der Waals surface area (Å²) in [6.07, 6.45) is 0. The van der Waals surface area contributed by atoms with Gasteiger partial charge in [0.1, 0.15) is 6.04 Å². The Labute approximate surface area is 102 Å². The largest absolute Gasteiger partial charge is 0.468 e. The van der Waals surface area contributed by atoms with E-state index in [1.54, 1.807) is 6.92 Å². The Balaban J connectivity index is 2.79. The SMILES string of the molecule is COC(=O)[C@H](C)N[C@@H](CO)c1ccccc1C. The fourth-order valence-corrected chi connectivity index (χ4v) is 1.77. The van der Waals surface area contributed by atoms with E-state index in [1.807, 2.05) is 31.2 Å². The summed E-state index contributed by atoms with van der Waals surface area (Å²) in [5.74, 6) is -0.336. The molecule has 1 aromatic rings. The molecule has 2 N–H and O–H groups in total. The first kappa shape index (κ1) is 13.7. The molecular formula is C13H19NO3. The number of carbonyl (C=O) groups is 1. The number of aliphatic hydroxyl groups is 1. The second-order valence-corrected chi connectivity index (χ2v) is 4.00. The zero-order valence-electron chi connectivity index (χ0n) is 10.4. The summed E-state index contributed by atoms with van der Waals surface area (Å²) in [6, 6.07) is 7.06. The van der Waals surface area contributed by atoms with Crippen LogP contribution >= 0.6 is 0 Å². The Hall–Kier alpha value is -1.39. The molecule has 1 rings (SSSR count). The van der Waals surface area contributed by atoms with Crippen molar-refractivity contribution in [3.8, 4) is 0 Å². The van der Waals surface area contributed by atoms with Crippen molar-refractivity contribution in [1.82, 2.24) is 5.32 Å². The second kappa shape index (κ2) is 6.37. The highest BCUT2D eigenvalue weighted by Crippen LogP contribution is 2.17. The third-order valence-corrected chi connectivity index (χ3v) is 2.75. The van der Waals surface area contributed by atoms with Gasteiger partial charge in [-0.3, -0.25) is 10.1 Å². The first-order valence-electron chi connectivity index (χ1n) is 5.60. The van der Waals surface area contributed by atoms with Crippen molar-refractivity contribution < 1.29 is 14.6 Å². The topological polar surface area (TPSA) is 58.6 Å². The number of rotatable bonds is 5. The highest BCUT2D eigenvalue weighted by Gasteiger charge is 2.19. The van der Waals surface area contributed by atoms with Crippen LogP contribution in [0.5, 0.6) is 0 Å². The summed E-state index contributed by atoms with van der Waals surface area (Å²) in [6.45, 7) is 3.63. The molecule has 0 bridgehead atoms. The number of aryl methyl sites for hydroxylation is 1.